The molecule has 1 aliphatic heterocycles. The van der Waals surface area contributed by atoms with E-state index in [0.29, 0.717) is 42.9 Å². The van der Waals surface area contributed by atoms with Gasteiger partial charge in [-0.1, -0.05) is 29.8 Å². The molecule has 1 fully saturated rings. The van der Waals surface area contributed by atoms with Gasteiger partial charge in [0.25, 0.3) is 0 Å². The minimum atomic E-state index is -3.59. The number of ether oxygens (including phenoxy) is 1. The third-order valence-corrected chi connectivity index (χ3v) is 8.07. The predicted molar refractivity (Wildman–Crippen MR) is 122 cm³/mol. The Morgan fingerprint density at radius 2 is 1.59 bits per heavy atom. The number of carbonyl (C=O) groups is 2. The molecule has 0 atom stereocenters. The SMILES string of the molecule is COC(=O)c1ccc(CNC(=O)C2CCN(S(=O)(=O)c3c(C)cc(C)cc3C)CC2)cc1. The summed E-state index contributed by atoms with van der Waals surface area (Å²) in [4.78, 5) is 24.5. The van der Waals surface area contributed by atoms with E-state index in [1.54, 1.807) is 24.3 Å². The van der Waals surface area contributed by atoms with Crippen LogP contribution in [0.4, 0.5) is 0 Å². The first-order valence-electron chi connectivity index (χ1n) is 10.7. The monoisotopic (exact) mass is 458 g/mol. The third-order valence-electron chi connectivity index (χ3n) is 5.87. The molecule has 32 heavy (non-hydrogen) atoms. The third kappa shape index (κ3) is 5.19. The summed E-state index contributed by atoms with van der Waals surface area (Å²) in [5.74, 6) is -0.712. The quantitative estimate of drug-likeness (QED) is 0.672. The molecule has 2 aromatic carbocycles. The van der Waals surface area contributed by atoms with Crippen molar-refractivity contribution in [1.82, 2.24) is 9.62 Å². The molecule has 1 saturated heterocycles. The highest BCUT2D eigenvalue weighted by Gasteiger charge is 2.33. The highest BCUT2D eigenvalue weighted by Crippen LogP contribution is 2.28. The molecule has 0 aliphatic carbocycles. The molecule has 0 radical (unpaired) electrons. The van der Waals surface area contributed by atoms with Gasteiger partial charge in [0.1, 0.15) is 0 Å². The number of benzene rings is 2. The molecule has 1 N–H and O–H groups in total. The molecule has 0 unspecified atom stereocenters. The van der Waals surface area contributed by atoms with Crippen LogP contribution in [-0.2, 0) is 26.1 Å². The Kier molecular flexibility index (Phi) is 7.36. The molecule has 172 valence electrons. The summed E-state index contributed by atoms with van der Waals surface area (Å²) < 4.78 is 32.6. The lowest BCUT2D eigenvalue weighted by Crippen LogP contribution is -2.43. The van der Waals surface area contributed by atoms with Crippen LogP contribution >= 0.6 is 0 Å². The summed E-state index contributed by atoms with van der Waals surface area (Å²) >= 11 is 0. The van der Waals surface area contributed by atoms with Gasteiger partial charge in [-0.3, -0.25) is 4.79 Å². The van der Waals surface area contributed by atoms with Gasteiger partial charge in [-0.05, 0) is 62.4 Å². The van der Waals surface area contributed by atoms with E-state index in [1.165, 1.54) is 11.4 Å². The molecule has 1 aliphatic rings. The predicted octanol–water partition coefficient (Wildman–Crippen LogP) is 3.12. The maximum Gasteiger partial charge on any atom is 0.337 e. The number of nitrogens with zero attached hydrogens (tertiary/aromatic N) is 1. The first-order valence-corrected chi connectivity index (χ1v) is 12.1. The summed E-state index contributed by atoms with van der Waals surface area (Å²) in [5.41, 5.74) is 3.86. The van der Waals surface area contributed by atoms with Gasteiger partial charge in [0, 0.05) is 25.6 Å². The lowest BCUT2D eigenvalue weighted by atomic mass is 9.97. The van der Waals surface area contributed by atoms with Gasteiger partial charge in [0.2, 0.25) is 15.9 Å². The van der Waals surface area contributed by atoms with Gasteiger partial charge < -0.3 is 10.1 Å². The molecule has 0 aromatic heterocycles. The van der Waals surface area contributed by atoms with Crippen LogP contribution < -0.4 is 5.32 Å². The maximum atomic E-state index is 13.2. The van der Waals surface area contributed by atoms with Gasteiger partial charge in [0.05, 0.1) is 17.6 Å². The van der Waals surface area contributed by atoms with Crippen LogP contribution in [0.3, 0.4) is 0 Å². The van der Waals surface area contributed by atoms with E-state index in [2.05, 4.69) is 10.1 Å². The molecule has 1 amide bonds. The van der Waals surface area contributed by atoms with Gasteiger partial charge in [-0.25, -0.2) is 13.2 Å². The second-order valence-electron chi connectivity index (χ2n) is 8.31. The molecular weight excluding hydrogens is 428 g/mol. The van der Waals surface area contributed by atoms with E-state index in [4.69, 9.17) is 0 Å². The Bertz CT molecular complexity index is 1080. The van der Waals surface area contributed by atoms with Crippen molar-refractivity contribution in [2.75, 3.05) is 20.2 Å². The summed E-state index contributed by atoms with van der Waals surface area (Å²) in [6, 6.07) is 10.6. The van der Waals surface area contributed by atoms with Crippen molar-refractivity contribution in [3.63, 3.8) is 0 Å². The van der Waals surface area contributed by atoms with Crippen molar-refractivity contribution in [3.8, 4) is 0 Å². The van der Waals surface area contributed by atoms with Crippen molar-refractivity contribution in [1.29, 1.82) is 0 Å². The smallest absolute Gasteiger partial charge is 0.337 e. The molecule has 1 heterocycles. The summed E-state index contributed by atoms with van der Waals surface area (Å²) in [7, 11) is -2.26. The Morgan fingerprint density at radius 1 is 1.03 bits per heavy atom. The number of nitrogens with one attached hydrogen (secondary N) is 1. The van der Waals surface area contributed by atoms with E-state index < -0.39 is 16.0 Å². The van der Waals surface area contributed by atoms with Crippen molar-refractivity contribution in [3.05, 3.63) is 64.2 Å². The van der Waals surface area contributed by atoms with Gasteiger partial charge in [-0.2, -0.15) is 4.31 Å². The van der Waals surface area contributed by atoms with Crippen LogP contribution in [-0.4, -0.2) is 44.8 Å². The minimum Gasteiger partial charge on any atom is -0.465 e. The van der Waals surface area contributed by atoms with Crippen molar-refractivity contribution >= 4 is 21.9 Å². The number of esters is 1. The zero-order valence-corrected chi connectivity index (χ0v) is 19.8. The summed E-state index contributed by atoms with van der Waals surface area (Å²) in [5, 5.41) is 2.92. The number of sulfonamides is 1. The lowest BCUT2D eigenvalue weighted by Gasteiger charge is -2.31. The van der Waals surface area contributed by atoms with E-state index >= 15 is 0 Å². The zero-order chi connectivity index (χ0) is 23.5. The second-order valence-corrected chi connectivity index (χ2v) is 10.2. The molecule has 0 spiro atoms. The highest BCUT2D eigenvalue weighted by molar-refractivity contribution is 7.89. The summed E-state index contributed by atoms with van der Waals surface area (Å²) in [6.45, 7) is 6.59. The fourth-order valence-electron chi connectivity index (χ4n) is 4.27. The van der Waals surface area contributed by atoms with E-state index in [1.807, 2.05) is 32.9 Å². The fourth-order valence-corrected chi connectivity index (χ4v) is 6.15. The number of aryl methyl sites for hydroxylation is 3. The number of carbonyl (C=O) groups excluding carboxylic acids is 2. The number of rotatable bonds is 6. The molecule has 0 bridgehead atoms. The topological polar surface area (TPSA) is 92.8 Å². The Balaban J connectivity index is 1.57. The number of hydrogen-bond acceptors (Lipinski definition) is 5. The molecule has 8 heteroatoms. The Labute approximate surface area is 189 Å². The lowest BCUT2D eigenvalue weighted by molar-refractivity contribution is -0.126. The molecule has 2 aromatic rings. The minimum absolute atomic E-state index is 0.0817. The van der Waals surface area contributed by atoms with Gasteiger partial charge >= 0.3 is 5.97 Å². The maximum absolute atomic E-state index is 13.2. The number of piperidine rings is 1. The van der Waals surface area contributed by atoms with Crippen LogP contribution in [0, 0.1) is 26.7 Å². The molecule has 0 saturated carbocycles. The van der Waals surface area contributed by atoms with E-state index in [0.717, 1.165) is 22.3 Å². The first kappa shape index (κ1) is 23.9. The zero-order valence-electron chi connectivity index (χ0n) is 19.0. The van der Waals surface area contributed by atoms with E-state index in [9.17, 15) is 18.0 Å². The second kappa shape index (κ2) is 9.83. The molecule has 7 nitrogen and oxygen atoms in total. The van der Waals surface area contributed by atoms with Crippen LogP contribution in [0.15, 0.2) is 41.3 Å². The number of methoxy groups -OCH3 is 1. The van der Waals surface area contributed by atoms with Gasteiger partial charge in [0.15, 0.2) is 0 Å². The normalized spacial score (nSPS) is 15.4. The standard InChI is InChI=1S/C24H30N2O5S/c1-16-13-17(2)22(18(3)14-16)32(29,30)26-11-9-20(10-12-26)23(27)25-15-19-5-7-21(8-6-19)24(28)31-4/h5-8,13-14,20H,9-12,15H2,1-4H3,(H,25,27). The fraction of sp³-hybridized carbons (Fsp3) is 0.417. The summed E-state index contributed by atoms with van der Waals surface area (Å²) in [6.07, 6.45) is 0.965. The molecular formula is C24H30N2O5S. The Hall–Kier alpha value is -2.71. The van der Waals surface area contributed by atoms with Crippen LogP contribution in [0.1, 0.15) is 45.5 Å². The average molecular weight is 459 g/mol. The van der Waals surface area contributed by atoms with E-state index in [-0.39, 0.29) is 11.8 Å². The Morgan fingerprint density at radius 3 is 2.12 bits per heavy atom. The number of amides is 1. The van der Waals surface area contributed by atoms with Gasteiger partial charge in [-0.15, -0.1) is 0 Å². The average Bonchev–Trinajstić information content (AvgIpc) is 2.76. The van der Waals surface area contributed by atoms with Crippen LogP contribution in [0.2, 0.25) is 0 Å². The first-order chi connectivity index (χ1) is 15.1. The van der Waals surface area contributed by atoms with Crippen LogP contribution in [0.5, 0.6) is 0 Å². The van der Waals surface area contributed by atoms with Crippen molar-refractivity contribution in [2.45, 2.75) is 45.1 Å². The largest absolute Gasteiger partial charge is 0.465 e. The number of hydrogen-bond donors (Lipinski definition) is 1. The van der Waals surface area contributed by atoms with Crippen molar-refractivity contribution < 1.29 is 22.7 Å². The highest BCUT2D eigenvalue weighted by atomic mass is 32.2. The molecule has 3 rings (SSSR count). The van der Waals surface area contributed by atoms with Crippen molar-refractivity contribution in [2.24, 2.45) is 5.92 Å². The van der Waals surface area contributed by atoms with Crippen LogP contribution in [0.25, 0.3) is 0 Å².